The van der Waals surface area contributed by atoms with Gasteiger partial charge in [0.05, 0.1) is 6.10 Å². The van der Waals surface area contributed by atoms with Gasteiger partial charge in [-0.2, -0.15) is 0 Å². The first-order valence-corrected chi connectivity index (χ1v) is 7.60. The summed E-state index contributed by atoms with van der Waals surface area (Å²) in [5.74, 6) is 1.49. The molecule has 2 heteroatoms. The fraction of sp³-hybridized carbons (Fsp3) is 0.647. The number of unbranched alkanes of at least 4 members (excludes halogenated alkanes) is 1. The topological polar surface area (TPSA) is 35.2 Å². The second kappa shape index (κ2) is 8.21. The fourth-order valence-corrected chi connectivity index (χ4v) is 2.44. The van der Waals surface area contributed by atoms with E-state index in [0.717, 1.165) is 12.2 Å². The van der Waals surface area contributed by atoms with Crippen LogP contribution in [0.3, 0.4) is 0 Å². The molecule has 2 unspecified atom stereocenters. The van der Waals surface area contributed by atoms with Gasteiger partial charge in [0.2, 0.25) is 0 Å². The summed E-state index contributed by atoms with van der Waals surface area (Å²) in [5.41, 5.74) is 7.63. The van der Waals surface area contributed by atoms with E-state index < -0.39 is 0 Å². The lowest BCUT2D eigenvalue weighted by Gasteiger charge is -2.23. The van der Waals surface area contributed by atoms with Gasteiger partial charge in [-0.15, -0.1) is 0 Å². The molecule has 19 heavy (non-hydrogen) atoms. The highest BCUT2D eigenvalue weighted by Gasteiger charge is 2.17. The average Bonchev–Trinajstić information content (AvgIpc) is 2.39. The molecule has 1 aromatic rings. The van der Waals surface area contributed by atoms with Gasteiger partial charge < -0.3 is 10.5 Å². The maximum absolute atomic E-state index is 6.43. The summed E-state index contributed by atoms with van der Waals surface area (Å²) >= 11 is 0. The Labute approximate surface area is 118 Å². The van der Waals surface area contributed by atoms with Crippen LogP contribution >= 0.6 is 0 Å². The summed E-state index contributed by atoms with van der Waals surface area (Å²) in [4.78, 5) is 0. The molecule has 0 saturated carbocycles. The molecule has 0 heterocycles. The van der Waals surface area contributed by atoms with Crippen molar-refractivity contribution in [2.24, 2.45) is 11.7 Å². The number of hydrogen-bond acceptors (Lipinski definition) is 2. The molecule has 0 spiro atoms. The van der Waals surface area contributed by atoms with Crippen molar-refractivity contribution in [1.82, 2.24) is 0 Å². The van der Waals surface area contributed by atoms with Gasteiger partial charge >= 0.3 is 0 Å². The van der Waals surface area contributed by atoms with Gasteiger partial charge in [-0.05, 0) is 43.9 Å². The van der Waals surface area contributed by atoms with E-state index in [9.17, 15) is 0 Å². The van der Waals surface area contributed by atoms with E-state index in [1.807, 2.05) is 26.0 Å². The Bertz CT molecular complexity index is 362. The Hall–Kier alpha value is -1.02. The first-order chi connectivity index (χ1) is 9.08. The molecule has 2 atom stereocenters. The number of ether oxygens (including phenoxy) is 1. The zero-order valence-corrected chi connectivity index (χ0v) is 12.9. The molecule has 0 radical (unpaired) electrons. The van der Waals surface area contributed by atoms with Crippen molar-refractivity contribution < 1.29 is 4.74 Å². The maximum atomic E-state index is 6.43. The molecule has 0 aliphatic rings. The van der Waals surface area contributed by atoms with Gasteiger partial charge in [0.1, 0.15) is 5.75 Å². The fourth-order valence-electron chi connectivity index (χ4n) is 2.44. The third-order valence-corrected chi connectivity index (χ3v) is 3.58. The Morgan fingerprint density at radius 3 is 2.53 bits per heavy atom. The lowest BCUT2D eigenvalue weighted by Crippen LogP contribution is -2.21. The molecule has 0 aliphatic carbocycles. The third kappa shape index (κ3) is 5.23. The van der Waals surface area contributed by atoms with E-state index in [2.05, 4.69) is 26.0 Å². The quantitative estimate of drug-likeness (QED) is 0.738. The van der Waals surface area contributed by atoms with Crippen molar-refractivity contribution in [1.29, 1.82) is 0 Å². The van der Waals surface area contributed by atoms with E-state index in [-0.39, 0.29) is 12.1 Å². The molecular weight excluding hydrogens is 234 g/mol. The predicted molar refractivity (Wildman–Crippen MR) is 82.4 cm³/mol. The highest BCUT2D eigenvalue weighted by atomic mass is 16.5. The van der Waals surface area contributed by atoms with Gasteiger partial charge in [0.25, 0.3) is 0 Å². The van der Waals surface area contributed by atoms with Crippen LogP contribution in [0.15, 0.2) is 24.3 Å². The van der Waals surface area contributed by atoms with Crippen molar-refractivity contribution in [3.63, 3.8) is 0 Å². The van der Waals surface area contributed by atoms with Crippen molar-refractivity contribution in [3.8, 4) is 5.75 Å². The summed E-state index contributed by atoms with van der Waals surface area (Å²) < 4.78 is 5.74. The molecule has 0 bridgehead atoms. The number of hydrogen-bond donors (Lipinski definition) is 1. The SMILES string of the molecule is CCCCC(CC)C(N)c1cccc(OC(C)C)c1. The van der Waals surface area contributed by atoms with Crippen LogP contribution in [-0.2, 0) is 0 Å². The molecule has 1 rings (SSSR count). The molecule has 1 aromatic carbocycles. The number of benzene rings is 1. The second-order valence-corrected chi connectivity index (χ2v) is 5.58. The summed E-state index contributed by atoms with van der Waals surface area (Å²) in [6.07, 6.45) is 5.04. The first-order valence-electron chi connectivity index (χ1n) is 7.60. The maximum Gasteiger partial charge on any atom is 0.120 e. The van der Waals surface area contributed by atoms with Gasteiger partial charge in [-0.1, -0.05) is 45.2 Å². The summed E-state index contributed by atoms with van der Waals surface area (Å²) in [5, 5.41) is 0. The third-order valence-electron chi connectivity index (χ3n) is 3.58. The monoisotopic (exact) mass is 263 g/mol. The second-order valence-electron chi connectivity index (χ2n) is 5.58. The summed E-state index contributed by atoms with van der Waals surface area (Å²) in [7, 11) is 0. The molecule has 2 nitrogen and oxygen atoms in total. The molecule has 0 fully saturated rings. The molecule has 108 valence electrons. The van der Waals surface area contributed by atoms with E-state index in [1.54, 1.807) is 0 Å². The van der Waals surface area contributed by atoms with Crippen LogP contribution in [0.2, 0.25) is 0 Å². The van der Waals surface area contributed by atoms with E-state index in [1.165, 1.54) is 24.8 Å². The van der Waals surface area contributed by atoms with E-state index in [4.69, 9.17) is 10.5 Å². The molecule has 0 amide bonds. The molecule has 0 aliphatic heterocycles. The lowest BCUT2D eigenvalue weighted by molar-refractivity contribution is 0.242. The van der Waals surface area contributed by atoms with Gasteiger partial charge in [-0.25, -0.2) is 0 Å². The standard InChI is InChI=1S/C17H29NO/c1-5-7-9-14(6-2)17(18)15-10-8-11-16(12-15)19-13(3)4/h8,10-14,17H,5-7,9,18H2,1-4H3. The molecule has 2 N–H and O–H groups in total. The van der Waals surface area contributed by atoms with Crippen molar-refractivity contribution in [2.75, 3.05) is 0 Å². The Kier molecular flexibility index (Phi) is 6.93. The van der Waals surface area contributed by atoms with Crippen LogP contribution in [0, 0.1) is 5.92 Å². The summed E-state index contributed by atoms with van der Waals surface area (Å²) in [6.45, 7) is 8.55. The van der Waals surface area contributed by atoms with Crippen molar-refractivity contribution in [3.05, 3.63) is 29.8 Å². The van der Waals surface area contributed by atoms with Gasteiger partial charge in [0, 0.05) is 6.04 Å². The highest BCUT2D eigenvalue weighted by molar-refractivity contribution is 5.31. The summed E-state index contributed by atoms with van der Waals surface area (Å²) in [6, 6.07) is 8.38. The molecular formula is C17H29NO. The molecule has 0 aromatic heterocycles. The Balaban J connectivity index is 2.76. The van der Waals surface area contributed by atoms with Crippen LogP contribution < -0.4 is 10.5 Å². The van der Waals surface area contributed by atoms with Gasteiger partial charge in [0.15, 0.2) is 0 Å². The Morgan fingerprint density at radius 1 is 1.21 bits per heavy atom. The minimum atomic E-state index is 0.118. The normalized spacial score (nSPS) is 14.4. The number of nitrogens with two attached hydrogens (primary N) is 1. The zero-order valence-electron chi connectivity index (χ0n) is 12.9. The van der Waals surface area contributed by atoms with Crippen molar-refractivity contribution in [2.45, 2.75) is 65.5 Å². The van der Waals surface area contributed by atoms with E-state index >= 15 is 0 Å². The van der Waals surface area contributed by atoms with Crippen LogP contribution in [-0.4, -0.2) is 6.10 Å². The first kappa shape index (κ1) is 16.0. The van der Waals surface area contributed by atoms with Crippen LogP contribution in [0.1, 0.15) is 65.0 Å². The highest BCUT2D eigenvalue weighted by Crippen LogP contribution is 2.29. The van der Waals surface area contributed by atoms with Crippen LogP contribution in [0.4, 0.5) is 0 Å². The van der Waals surface area contributed by atoms with Gasteiger partial charge in [-0.3, -0.25) is 0 Å². The minimum absolute atomic E-state index is 0.118. The van der Waals surface area contributed by atoms with Crippen LogP contribution in [0.25, 0.3) is 0 Å². The van der Waals surface area contributed by atoms with E-state index in [0.29, 0.717) is 5.92 Å². The minimum Gasteiger partial charge on any atom is -0.491 e. The average molecular weight is 263 g/mol. The van der Waals surface area contributed by atoms with Crippen molar-refractivity contribution >= 4 is 0 Å². The zero-order chi connectivity index (χ0) is 14.3. The smallest absolute Gasteiger partial charge is 0.120 e. The Morgan fingerprint density at radius 2 is 1.95 bits per heavy atom. The number of rotatable bonds is 8. The molecule has 0 saturated heterocycles. The van der Waals surface area contributed by atoms with Crippen LogP contribution in [0.5, 0.6) is 5.75 Å². The predicted octanol–water partition coefficient (Wildman–Crippen LogP) is 4.69. The largest absolute Gasteiger partial charge is 0.491 e. The lowest BCUT2D eigenvalue weighted by atomic mass is 9.87.